The molecule has 1 fully saturated rings. The Morgan fingerprint density at radius 3 is 2.58 bits per heavy atom. The van der Waals surface area contributed by atoms with E-state index in [0.717, 1.165) is 10.4 Å². The van der Waals surface area contributed by atoms with Gasteiger partial charge >= 0.3 is 0 Å². The molecule has 3 rings (SSSR count). The molecule has 2 atom stereocenters. The van der Waals surface area contributed by atoms with Gasteiger partial charge in [0.15, 0.2) is 0 Å². The summed E-state index contributed by atoms with van der Waals surface area (Å²) in [5.74, 6) is 0.648. The SMILES string of the molecule is CC(C)S(=O)(=O)N[C@@H]1COC[C@@H]1Oc1ccc(-c2ccc(C#N)s2)cc1. The van der Waals surface area contributed by atoms with Crippen LogP contribution >= 0.6 is 11.3 Å². The Morgan fingerprint density at radius 1 is 1.23 bits per heavy atom. The summed E-state index contributed by atoms with van der Waals surface area (Å²) in [5, 5.41) is 8.41. The zero-order valence-corrected chi connectivity index (χ0v) is 16.1. The molecule has 0 aliphatic carbocycles. The van der Waals surface area contributed by atoms with E-state index in [-0.39, 0.29) is 6.10 Å². The first-order valence-corrected chi connectivity index (χ1v) is 10.6. The lowest BCUT2D eigenvalue weighted by Gasteiger charge is -2.21. The molecule has 0 unspecified atom stereocenters. The fraction of sp³-hybridized carbons (Fsp3) is 0.389. The summed E-state index contributed by atoms with van der Waals surface area (Å²) in [6.07, 6.45) is -0.374. The Morgan fingerprint density at radius 2 is 1.96 bits per heavy atom. The molecule has 0 saturated carbocycles. The van der Waals surface area contributed by atoms with Gasteiger partial charge in [-0.1, -0.05) is 0 Å². The first-order chi connectivity index (χ1) is 12.4. The maximum Gasteiger partial charge on any atom is 0.214 e. The van der Waals surface area contributed by atoms with Crippen molar-refractivity contribution in [2.45, 2.75) is 31.2 Å². The normalized spacial score (nSPS) is 20.2. The zero-order valence-electron chi connectivity index (χ0n) is 14.5. The molecule has 0 bridgehead atoms. The monoisotopic (exact) mass is 392 g/mol. The second-order valence-electron chi connectivity index (χ2n) is 6.31. The highest BCUT2D eigenvalue weighted by atomic mass is 32.2. The van der Waals surface area contributed by atoms with Gasteiger partial charge in [-0.2, -0.15) is 5.26 Å². The van der Waals surface area contributed by atoms with Gasteiger partial charge in [-0.15, -0.1) is 11.3 Å². The van der Waals surface area contributed by atoms with E-state index < -0.39 is 21.3 Å². The number of hydrogen-bond donors (Lipinski definition) is 1. The van der Waals surface area contributed by atoms with Crippen LogP contribution in [0.25, 0.3) is 10.4 Å². The van der Waals surface area contributed by atoms with Crippen molar-refractivity contribution in [2.24, 2.45) is 0 Å². The van der Waals surface area contributed by atoms with E-state index in [0.29, 0.717) is 23.8 Å². The van der Waals surface area contributed by atoms with Gasteiger partial charge in [0, 0.05) is 4.88 Å². The number of nitriles is 1. The Hall–Kier alpha value is -1.92. The van der Waals surface area contributed by atoms with Crippen LogP contribution in [0.15, 0.2) is 36.4 Å². The van der Waals surface area contributed by atoms with Crippen LogP contribution in [0, 0.1) is 11.3 Å². The number of nitrogens with one attached hydrogen (secondary N) is 1. The first kappa shape index (κ1) is 18.9. The van der Waals surface area contributed by atoms with Gasteiger partial charge in [0.05, 0.1) is 24.5 Å². The Bertz CT molecular complexity index is 898. The lowest BCUT2D eigenvalue weighted by atomic mass is 10.2. The van der Waals surface area contributed by atoms with Gasteiger partial charge < -0.3 is 9.47 Å². The molecule has 138 valence electrons. The maximum absolute atomic E-state index is 12.1. The molecule has 0 amide bonds. The Balaban J connectivity index is 1.67. The quantitative estimate of drug-likeness (QED) is 0.817. The average molecular weight is 393 g/mol. The molecule has 1 aromatic carbocycles. The van der Waals surface area contributed by atoms with Gasteiger partial charge in [-0.25, -0.2) is 13.1 Å². The number of nitrogens with zero attached hydrogens (tertiary/aromatic N) is 1. The third-order valence-corrected chi connectivity index (χ3v) is 7.02. The van der Waals surface area contributed by atoms with Crippen molar-refractivity contribution in [1.82, 2.24) is 4.72 Å². The van der Waals surface area contributed by atoms with E-state index in [1.54, 1.807) is 19.9 Å². The number of ether oxygens (including phenoxy) is 2. The first-order valence-electron chi connectivity index (χ1n) is 8.25. The highest BCUT2D eigenvalue weighted by Gasteiger charge is 2.34. The van der Waals surface area contributed by atoms with E-state index in [9.17, 15) is 8.42 Å². The Kier molecular flexibility index (Phi) is 5.63. The van der Waals surface area contributed by atoms with Gasteiger partial charge in [0.25, 0.3) is 0 Å². The third kappa shape index (κ3) is 4.24. The van der Waals surface area contributed by atoms with Crippen LogP contribution < -0.4 is 9.46 Å². The van der Waals surface area contributed by atoms with Gasteiger partial charge in [0.2, 0.25) is 10.0 Å². The Labute approximate surface area is 157 Å². The summed E-state index contributed by atoms with van der Waals surface area (Å²) in [6, 6.07) is 13.0. The van der Waals surface area contributed by atoms with Crippen LogP contribution in [0.4, 0.5) is 0 Å². The van der Waals surface area contributed by atoms with E-state index in [4.69, 9.17) is 14.7 Å². The standard InChI is InChI=1S/C18H20N2O4S2/c1-12(2)26(21,22)20-16-10-23-11-17(16)24-14-5-3-13(4-6-14)18-8-7-15(9-19)25-18/h3-8,12,16-17,20H,10-11H2,1-2H3/t16-,17+/m1/s1. The van der Waals surface area contributed by atoms with Crippen molar-refractivity contribution in [3.63, 3.8) is 0 Å². The molecule has 1 aliphatic rings. The molecule has 1 N–H and O–H groups in total. The minimum absolute atomic E-state index is 0.292. The van der Waals surface area contributed by atoms with Crippen molar-refractivity contribution in [2.75, 3.05) is 13.2 Å². The molecule has 26 heavy (non-hydrogen) atoms. The molecule has 8 heteroatoms. The molecule has 0 spiro atoms. The number of benzene rings is 1. The van der Waals surface area contributed by atoms with Crippen LogP contribution in [0.2, 0.25) is 0 Å². The van der Waals surface area contributed by atoms with Crippen molar-refractivity contribution in [3.05, 3.63) is 41.3 Å². The van der Waals surface area contributed by atoms with Gasteiger partial charge in [0.1, 0.15) is 22.8 Å². The molecule has 1 aliphatic heterocycles. The highest BCUT2D eigenvalue weighted by Crippen LogP contribution is 2.29. The van der Waals surface area contributed by atoms with Gasteiger partial charge in [-0.3, -0.25) is 0 Å². The summed E-state index contributed by atoms with van der Waals surface area (Å²) in [6.45, 7) is 3.90. The van der Waals surface area contributed by atoms with E-state index in [2.05, 4.69) is 10.8 Å². The molecular weight excluding hydrogens is 372 g/mol. The molecule has 1 aromatic heterocycles. The topological polar surface area (TPSA) is 88.4 Å². The summed E-state index contributed by atoms with van der Waals surface area (Å²) in [5.41, 5.74) is 1.00. The molecule has 6 nitrogen and oxygen atoms in total. The second kappa shape index (κ2) is 7.76. The lowest BCUT2D eigenvalue weighted by Crippen LogP contribution is -2.47. The zero-order chi connectivity index (χ0) is 18.7. The number of hydrogen-bond acceptors (Lipinski definition) is 6. The summed E-state index contributed by atoms with van der Waals surface area (Å²) in [4.78, 5) is 1.68. The smallest absolute Gasteiger partial charge is 0.214 e. The largest absolute Gasteiger partial charge is 0.486 e. The predicted molar refractivity (Wildman–Crippen MR) is 101 cm³/mol. The average Bonchev–Trinajstić information content (AvgIpc) is 3.25. The van der Waals surface area contributed by atoms with Crippen LogP contribution in [-0.4, -0.2) is 39.0 Å². The van der Waals surface area contributed by atoms with Crippen molar-refractivity contribution < 1.29 is 17.9 Å². The van der Waals surface area contributed by atoms with Crippen LogP contribution in [0.5, 0.6) is 5.75 Å². The molecule has 0 radical (unpaired) electrons. The number of thiophene rings is 1. The van der Waals surface area contributed by atoms with Crippen molar-refractivity contribution in [1.29, 1.82) is 5.26 Å². The minimum Gasteiger partial charge on any atom is -0.486 e. The van der Waals surface area contributed by atoms with Crippen LogP contribution in [0.1, 0.15) is 18.7 Å². The fourth-order valence-corrected chi connectivity index (χ4v) is 4.26. The molecule has 1 saturated heterocycles. The number of sulfonamides is 1. The number of rotatable bonds is 6. The molecule has 2 aromatic rings. The highest BCUT2D eigenvalue weighted by molar-refractivity contribution is 7.90. The second-order valence-corrected chi connectivity index (χ2v) is 9.66. The third-order valence-electron chi connectivity index (χ3n) is 4.11. The summed E-state index contributed by atoms with van der Waals surface area (Å²) < 4.78 is 38.1. The minimum atomic E-state index is -3.38. The lowest BCUT2D eigenvalue weighted by molar-refractivity contribution is 0.140. The van der Waals surface area contributed by atoms with E-state index >= 15 is 0 Å². The summed E-state index contributed by atoms with van der Waals surface area (Å²) in [7, 11) is -3.38. The predicted octanol–water partition coefficient (Wildman–Crippen LogP) is 2.76. The van der Waals surface area contributed by atoms with Crippen LogP contribution in [0.3, 0.4) is 0 Å². The van der Waals surface area contributed by atoms with E-state index in [1.165, 1.54) is 11.3 Å². The molecule has 2 heterocycles. The van der Waals surface area contributed by atoms with E-state index in [1.807, 2.05) is 30.3 Å². The fourth-order valence-electron chi connectivity index (χ4n) is 2.53. The maximum atomic E-state index is 12.1. The van der Waals surface area contributed by atoms with Crippen molar-refractivity contribution in [3.8, 4) is 22.3 Å². The van der Waals surface area contributed by atoms with Crippen molar-refractivity contribution >= 4 is 21.4 Å². The van der Waals surface area contributed by atoms with Crippen LogP contribution in [-0.2, 0) is 14.8 Å². The summed E-state index contributed by atoms with van der Waals surface area (Å²) >= 11 is 1.44. The molecular formula is C18H20N2O4S2. The van der Waals surface area contributed by atoms with Gasteiger partial charge in [-0.05, 0) is 55.8 Å².